The molecule has 0 spiro atoms. The van der Waals surface area contributed by atoms with Gasteiger partial charge in [-0.1, -0.05) is 19.3 Å². The monoisotopic (exact) mass is 204 g/mol. The first kappa shape index (κ1) is 12.9. The van der Waals surface area contributed by atoms with Gasteiger partial charge in [0, 0.05) is 6.61 Å². The lowest BCUT2D eigenvalue weighted by molar-refractivity contribution is -0.154. The second kappa shape index (κ2) is 7.32. The predicted molar refractivity (Wildman–Crippen MR) is 48.9 cm³/mol. The molecule has 0 rings (SSSR count). The molecule has 0 fully saturated rings. The second-order valence-electron chi connectivity index (χ2n) is 3.16. The summed E-state index contributed by atoms with van der Waals surface area (Å²) in [5, 5.41) is 25.5. The first-order chi connectivity index (χ1) is 6.59. The first-order valence-electron chi connectivity index (χ1n) is 4.66. The largest absolute Gasteiger partial charge is 0.481 e. The van der Waals surface area contributed by atoms with Gasteiger partial charge in [-0.15, -0.1) is 0 Å². The van der Waals surface area contributed by atoms with E-state index in [2.05, 4.69) is 0 Å². The highest BCUT2D eigenvalue weighted by Gasteiger charge is 2.24. The van der Waals surface area contributed by atoms with Gasteiger partial charge in [-0.25, -0.2) is 0 Å². The van der Waals surface area contributed by atoms with E-state index in [0.717, 1.165) is 12.8 Å². The fraction of sp³-hybridized carbons (Fsp3) is 0.778. The molecule has 0 saturated heterocycles. The molecule has 5 nitrogen and oxygen atoms in total. The fourth-order valence-corrected chi connectivity index (χ4v) is 1.17. The van der Waals surface area contributed by atoms with Gasteiger partial charge >= 0.3 is 11.9 Å². The molecule has 0 aliphatic heterocycles. The Balaban J connectivity index is 3.62. The van der Waals surface area contributed by atoms with Gasteiger partial charge in [-0.2, -0.15) is 0 Å². The Labute approximate surface area is 82.4 Å². The van der Waals surface area contributed by atoms with Gasteiger partial charge in [0.15, 0.2) is 5.92 Å². The van der Waals surface area contributed by atoms with Crippen molar-refractivity contribution in [1.29, 1.82) is 0 Å². The Morgan fingerprint density at radius 2 is 1.43 bits per heavy atom. The number of unbranched alkanes of at least 4 members (excludes halogenated alkanes) is 3. The summed E-state index contributed by atoms with van der Waals surface area (Å²) in [6.45, 7) is 0.126. The van der Waals surface area contributed by atoms with Crippen LogP contribution in [0.25, 0.3) is 0 Å². The predicted octanol–water partition coefficient (Wildman–Crippen LogP) is 0.715. The molecule has 0 radical (unpaired) electrons. The highest BCUT2D eigenvalue weighted by Crippen LogP contribution is 2.11. The summed E-state index contributed by atoms with van der Waals surface area (Å²) < 4.78 is 0. The number of aliphatic hydroxyl groups excluding tert-OH is 1. The molecule has 0 heterocycles. The smallest absolute Gasteiger partial charge is 0.317 e. The van der Waals surface area contributed by atoms with Crippen molar-refractivity contribution in [1.82, 2.24) is 0 Å². The lowest BCUT2D eigenvalue weighted by atomic mass is 10.0. The fourth-order valence-electron chi connectivity index (χ4n) is 1.17. The quantitative estimate of drug-likeness (QED) is 0.400. The Bertz CT molecular complexity index is 176. The summed E-state index contributed by atoms with van der Waals surface area (Å²) in [5.74, 6) is -3.84. The van der Waals surface area contributed by atoms with Crippen LogP contribution in [-0.4, -0.2) is 33.9 Å². The van der Waals surface area contributed by atoms with Crippen LogP contribution >= 0.6 is 0 Å². The number of rotatable bonds is 8. The molecule has 3 N–H and O–H groups in total. The number of carboxylic acid groups (broad SMARTS) is 2. The Hall–Kier alpha value is -1.10. The van der Waals surface area contributed by atoms with Gasteiger partial charge < -0.3 is 15.3 Å². The molecule has 0 unspecified atom stereocenters. The van der Waals surface area contributed by atoms with Crippen molar-refractivity contribution in [3.05, 3.63) is 0 Å². The maximum Gasteiger partial charge on any atom is 0.317 e. The SMILES string of the molecule is O=C(O)C(CCCCCCO)C(=O)O. The molecule has 5 heteroatoms. The molecule has 0 bridgehead atoms. The topological polar surface area (TPSA) is 94.8 Å². The van der Waals surface area contributed by atoms with E-state index in [4.69, 9.17) is 15.3 Å². The molecular weight excluding hydrogens is 188 g/mol. The molecule has 0 aliphatic carbocycles. The van der Waals surface area contributed by atoms with E-state index < -0.39 is 17.9 Å². The van der Waals surface area contributed by atoms with Crippen molar-refractivity contribution >= 4 is 11.9 Å². The third kappa shape index (κ3) is 5.53. The number of hydrogen-bond acceptors (Lipinski definition) is 3. The molecule has 0 aromatic rings. The van der Waals surface area contributed by atoms with Crippen LogP contribution in [0.1, 0.15) is 32.1 Å². The lowest BCUT2D eigenvalue weighted by Gasteiger charge is -2.06. The van der Waals surface area contributed by atoms with Crippen LogP contribution in [-0.2, 0) is 9.59 Å². The average molecular weight is 204 g/mol. The molecule has 0 aliphatic rings. The summed E-state index contributed by atoms with van der Waals surface area (Å²) in [5.41, 5.74) is 0. The summed E-state index contributed by atoms with van der Waals surface area (Å²) in [4.78, 5) is 20.9. The standard InChI is InChI=1S/C9H16O5/c10-6-4-2-1-3-5-7(8(11)12)9(13)14/h7,10H,1-6H2,(H,11,12)(H,13,14). The zero-order valence-corrected chi connectivity index (χ0v) is 7.98. The molecule has 0 saturated carbocycles. The van der Waals surface area contributed by atoms with Gasteiger partial charge in [0.2, 0.25) is 0 Å². The van der Waals surface area contributed by atoms with Crippen molar-refractivity contribution in [3.8, 4) is 0 Å². The minimum Gasteiger partial charge on any atom is -0.481 e. The van der Waals surface area contributed by atoms with Crippen LogP contribution < -0.4 is 0 Å². The summed E-state index contributed by atoms with van der Waals surface area (Å²) >= 11 is 0. The molecule has 0 atom stereocenters. The third-order valence-corrected chi connectivity index (χ3v) is 2.00. The Morgan fingerprint density at radius 1 is 0.929 bits per heavy atom. The zero-order valence-electron chi connectivity index (χ0n) is 7.98. The van der Waals surface area contributed by atoms with E-state index in [1.54, 1.807) is 0 Å². The van der Waals surface area contributed by atoms with E-state index in [9.17, 15) is 9.59 Å². The van der Waals surface area contributed by atoms with E-state index in [-0.39, 0.29) is 13.0 Å². The van der Waals surface area contributed by atoms with Crippen molar-refractivity contribution in [2.75, 3.05) is 6.61 Å². The molecular formula is C9H16O5. The van der Waals surface area contributed by atoms with Gasteiger partial charge in [0.25, 0.3) is 0 Å². The van der Waals surface area contributed by atoms with Crippen LogP contribution in [0, 0.1) is 5.92 Å². The van der Waals surface area contributed by atoms with E-state index in [0.29, 0.717) is 12.8 Å². The summed E-state index contributed by atoms with van der Waals surface area (Å²) in [6.07, 6.45) is 2.99. The highest BCUT2D eigenvalue weighted by molar-refractivity contribution is 5.92. The average Bonchev–Trinajstić information content (AvgIpc) is 2.09. The number of aliphatic hydroxyl groups is 1. The minimum atomic E-state index is -1.29. The Kier molecular flexibility index (Phi) is 6.74. The highest BCUT2D eigenvalue weighted by atomic mass is 16.4. The van der Waals surface area contributed by atoms with Crippen molar-refractivity contribution in [3.63, 3.8) is 0 Å². The maximum atomic E-state index is 10.4. The molecule has 82 valence electrons. The third-order valence-electron chi connectivity index (χ3n) is 2.00. The number of aliphatic carboxylic acids is 2. The van der Waals surface area contributed by atoms with Crippen molar-refractivity contribution in [2.45, 2.75) is 32.1 Å². The van der Waals surface area contributed by atoms with E-state index >= 15 is 0 Å². The maximum absolute atomic E-state index is 10.4. The van der Waals surface area contributed by atoms with Crippen LogP contribution in [0.5, 0.6) is 0 Å². The van der Waals surface area contributed by atoms with Crippen LogP contribution in [0.4, 0.5) is 0 Å². The first-order valence-corrected chi connectivity index (χ1v) is 4.66. The van der Waals surface area contributed by atoms with Crippen LogP contribution in [0.15, 0.2) is 0 Å². The molecule has 0 aromatic heterocycles. The minimum absolute atomic E-state index is 0.126. The number of hydrogen-bond donors (Lipinski definition) is 3. The zero-order chi connectivity index (χ0) is 11.0. The lowest BCUT2D eigenvalue weighted by Crippen LogP contribution is -2.23. The summed E-state index contributed by atoms with van der Waals surface area (Å²) in [7, 11) is 0. The van der Waals surface area contributed by atoms with Crippen molar-refractivity contribution in [2.24, 2.45) is 5.92 Å². The van der Waals surface area contributed by atoms with E-state index in [1.807, 2.05) is 0 Å². The molecule has 14 heavy (non-hydrogen) atoms. The Morgan fingerprint density at radius 3 is 1.86 bits per heavy atom. The van der Waals surface area contributed by atoms with Crippen LogP contribution in [0.2, 0.25) is 0 Å². The molecule has 0 amide bonds. The number of carboxylic acids is 2. The van der Waals surface area contributed by atoms with Crippen molar-refractivity contribution < 1.29 is 24.9 Å². The molecule has 0 aromatic carbocycles. The normalized spacial score (nSPS) is 10.4. The van der Waals surface area contributed by atoms with Gasteiger partial charge in [-0.05, 0) is 12.8 Å². The van der Waals surface area contributed by atoms with Gasteiger partial charge in [0.1, 0.15) is 0 Å². The second-order valence-corrected chi connectivity index (χ2v) is 3.16. The van der Waals surface area contributed by atoms with Gasteiger partial charge in [0.05, 0.1) is 0 Å². The summed E-state index contributed by atoms with van der Waals surface area (Å²) in [6, 6.07) is 0. The number of carbonyl (C=O) groups is 2. The van der Waals surface area contributed by atoms with E-state index in [1.165, 1.54) is 0 Å². The van der Waals surface area contributed by atoms with Gasteiger partial charge in [-0.3, -0.25) is 9.59 Å². The van der Waals surface area contributed by atoms with Crippen LogP contribution in [0.3, 0.4) is 0 Å².